The minimum Gasteiger partial charge on any atom is -0.396 e. The smallest absolute Gasteiger partial charge is 0.149 e. The number of aryl methyl sites for hydroxylation is 1. The van der Waals surface area contributed by atoms with E-state index in [1.807, 2.05) is 18.2 Å². The van der Waals surface area contributed by atoms with Crippen LogP contribution in [0.25, 0.3) is 11.3 Å². The topological polar surface area (TPSA) is 78.0 Å². The number of aromatic nitrogens is 2. The summed E-state index contributed by atoms with van der Waals surface area (Å²) in [6.45, 7) is 0.271. The van der Waals surface area contributed by atoms with Crippen molar-refractivity contribution in [2.24, 2.45) is 0 Å². The van der Waals surface area contributed by atoms with Gasteiger partial charge in [0.15, 0.2) is 0 Å². The molecule has 0 aliphatic carbocycles. The monoisotopic (exact) mass is 299 g/mol. The number of hydrogen-bond acceptors (Lipinski definition) is 4. The highest BCUT2D eigenvalue weighted by Crippen LogP contribution is 2.30. The fourth-order valence-corrected chi connectivity index (χ4v) is 2.42. The van der Waals surface area contributed by atoms with E-state index >= 15 is 0 Å². The van der Waals surface area contributed by atoms with Crippen LogP contribution in [0.4, 0.5) is 5.69 Å². The van der Waals surface area contributed by atoms with E-state index in [0.717, 1.165) is 5.56 Å². The average molecular weight is 300 g/mol. The van der Waals surface area contributed by atoms with E-state index < -0.39 is 9.84 Å². The van der Waals surface area contributed by atoms with Crippen molar-refractivity contribution in [3.8, 4) is 11.3 Å². The molecule has 0 spiro atoms. The van der Waals surface area contributed by atoms with Gasteiger partial charge in [-0.15, -0.1) is 0 Å². The minimum atomic E-state index is -3.03. The fraction of sp³-hybridized carbons (Fsp3) is 0.250. The van der Waals surface area contributed by atoms with Gasteiger partial charge in [0.25, 0.3) is 0 Å². The number of nitrogen functional groups attached to an aromatic ring is 1. The number of benzene rings is 1. The second-order valence-electron chi connectivity index (χ2n) is 4.31. The molecule has 0 aliphatic rings. The van der Waals surface area contributed by atoms with E-state index in [0.29, 0.717) is 16.4 Å². The first-order valence-electron chi connectivity index (χ1n) is 5.62. The van der Waals surface area contributed by atoms with E-state index in [4.69, 9.17) is 17.3 Å². The second-order valence-corrected chi connectivity index (χ2v) is 6.97. The van der Waals surface area contributed by atoms with Crippen LogP contribution in [0, 0.1) is 0 Å². The predicted octanol–water partition coefficient (Wildman–Crippen LogP) is 1.83. The lowest BCUT2D eigenvalue weighted by Gasteiger charge is -2.01. The summed E-state index contributed by atoms with van der Waals surface area (Å²) < 4.78 is 23.8. The SMILES string of the molecule is CS(=O)(=O)CCn1cc(N)c(-c2ccccc2Cl)n1. The van der Waals surface area contributed by atoms with Crippen molar-refractivity contribution in [2.75, 3.05) is 17.7 Å². The van der Waals surface area contributed by atoms with Gasteiger partial charge in [0.2, 0.25) is 0 Å². The second kappa shape index (κ2) is 5.22. The van der Waals surface area contributed by atoms with Gasteiger partial charge in [-0.2, -0.15) is 5.10 Å². The molecule has 19 heavy (non-hydrogen) atoms. The van der Waals surface area contributed by atoms with Crippen LogP contribution in [0.2, 0.25) is 5.02 Å². The van der Waals surface area contributed by atoms with Crippen molar-refractivity contribution in [1.82, 2.24) is 9.78 Å². The molecule has 2 N–H and O–H groups in total. The maximum absolute atomic E-state index is 11.1. The molecule has 0 radical (unpaired) electrons. The molecule has 0 fully saturated rings. The van der Waals surface area contributed by atoms with Gasteiger partial charge < -0.3 is 5.73 Å². The normalized spacial score (nSPS) is 11.7. The zero-order valence-corrected chi connectivity index (χ0v) is 11.9. The highest BCUT2D eigenvalue weighted by Gasteiger charge is 2.12. The van der Waals surface area contributed by atoms with Crippen molar-refractivity contribution in [3.05, 3.63) is 35.5 Å². The van der Waals surface area contributed by atoms with Crippen LogP contribution in [0.3, 0.4) is 0 Å². The summed E-state index contributed by atoms with van der Waals surface area (Å²) in [5, 5.41) is 4.84. The van der Waals surface area contributed by atoms with E-state index in [1.54, 1.807) is 12.3 Å². The molecular weight excluding hydrogens is 286 g/mol. The number of rotatable bonds is 4. The predicted molar refractivity (Wildman–Crippen MR) is 76.8 cm³/mol. The van der Waals surface area contributed by atoms with Crippen LogP contribution in [-0.4, -0.2) is 30.2 Å². The summed E-state index contributed by atoms with van der Waals surface area (Å²) >= 11 is 6.09. The first-order chi connectivity index (χ1) is 8.87. The van der Waals surface area contributed by atoms with Crippen LogP contribution in [0.15, 0.2) is 30.5 Å². The number of nitrogens with zero attached hydrogens (tertiary/aromatic N) is 2. The number of nitrogens with two attached hydrogens (primary N) is 1. The molecule has 0 amide bonds. The summed E-state index contributed by atoms with van der Waals surface area (Å²) in [7, 11) is -3.03. The quantitative estimate of drug-likeness (QED) is 0.934. The Labute approximate surface area is 116 Å². The van der Waals surface area contributed by atoms with Gasteiger partial charge >= 0.3 is 0 Å². The number of halogens is 1. The summed E-state index contributed by atoms with van der Waals surface area (Å²) in [5.41, 5.74) is 7.67. The fourth-order valence-electron chi connectivity index (χ4n) is 1.67. The van der Waals surface area contributed by atoms with Gasteiger partial charge in [-0.1, -0.05) is 29.8 Å². The summed E-state index contributed by atoms with van der Waals surface area (Å²) in [6.07, 6.45) is 2.80. The lowest BCUT2D eigenvalue weighted by atomic mass is 10.1. The Bertz CT molecular complexity index is 695. The van der Waals surface area contributed by atoms with Gasteiger partial charge in [-0.3, -0.25) is 4.68 Å². The number of anilines is 1. The van der Waals surface area contributed by atoms with E-state index in [9.17, 15) is 8.42 Å². The molecule has 0 saturated heterocycles. The van der Waals surface area contributed by atoms with Gasteiger partial charge in [-0.05, 0) is 6.07 Å². The summed E-state index contributed by atoms with van der Waals surface area (Å²) in [5.74, 6) is 0.0239. The molecule has 2 aromatic rings. The molecule has 1 heterocycles. The Balaban J connectivity index is 2.30. The minimum absolute atomic E-state index is 0.0239. The summed E-state index contributed by atoms with van der Waals surface area (Å²) in [4.78, 5) is 0. The lowest BCUT2D eigenvalue weighted by Crippen LogP contribution is -2.11. The molecule has 1 aromatic carbocycles. The Kier molecular flexibility index (Phi) is 3.82. The highest BCUT2D eigenvalue weighted by atomic mass is 35.5. The first kappa shape index (κ1) is 13.9. The molecule has 0 saturated carbocycles. The van der Waals surface area contributed by atoms with Crippen LogP contribution in [0.5, 0.6) is 0 Å². The number of sulfone groups is 1. The molecule has 0 unspecified atom stereocenters. The molecule has 0 aliphatic heterocycles. The largest absolute Gasteiger partial charge is 0.396 e. The Morgan fingerprint density at radius 2 is 2.05 bits per heavy atom. The van der Waals surface area contributed by atoms with Gasteiger partial charge in [0.05, 0.1) is 23.0 Å². The molecular formula is C12H14ClN3O2S. The van der Waals surface area contributed by atoms with Crippen LogP contribution in [0.1, 0.15) is 0 Å². The highest BCUT2D eigenvalue weighted by molar-refractivity contribution is 7.90. The lowest BCUT2D eigenvalue weighted by molar-refractivity contribution is 0.586. The number of hydrogen-bond donors (Lipinski definition) is 1. The van der Waals surface area contributed by atoms with Crippen molar-refractivity contribution >= 4 is 27.1 Å². The third-order valence-electron chi connectivity index (χ3n) is 2.61. The first-order valence-corrected chi connectivity index (χ1v) is 8.06. The third-order valence-corrected chi connectivity index (χ3v) is 3.86. The third kappa shape index (κ3) is 3.48. The van der Waals surface area contributed by atoms with E-state index in [2.05, 4.69) is 5.10 Å². The molecule has 0 bridgehead atoms. The standard InChI is InChI=1S/C12H14ClN3O2S/c1-19(17,18)7-6-16-8-11(14)12(15-16)9-4-2-3-5-10(9)13/h2-5,8H,6-7,14H2,1H3. The van der Waals surface area contributed by atoms with Crippen molar-refractivity contribution < 1.29 is 8.42 Å². The van der Waals surface area contributed by atoms with Crippen molar-refractivity contribution in [3.63, 3.8) is 0 Å². The maximum Gasteiger partial charge on any atom is 0.149 e. The zero-order valence-electron chi connectivity index (χ0n) is 10.4. The summed E-state index contributed by atoms with van der Waals surface area (Å²) in [6, 6.07) is 7.24. The van der Waals surface area contributed by atoms with Crippen molar-refractivity contribution in [2.45, 2.75) is 6.54 Å². The average Bonchev–Trinajstić information content (AvgIpc) is 2.68. The molecule has 0 atom stereocenters. The van der Waals surface area contributed by atoms with Crippen LogP contribution >= 0.6 is 11.6 Å². The molecule has 1 aromatic heterocycles. The van der Waals surface area contributed by atoms with Gasteiger partial charge in [-0.25, -0.2) is 8.42 Å². The molecule has 7 heteroatoms. The molecule has 2 rings (SSSR count). The van der Waals surface area contributed by atoms with Crippen LogP contribution < -0.4 is 5.73 Å². The maximum atomic E-state index is 11.1. The van der Waals surface area contributed by atoms with Gasteiger partial charge in [0.1, 0.15) is 15.5 Å². The molecule has 5 nitrogen and oxygen atoms in total. The Hall–Kier alpha value is -1.53. The van der Waals surface area contributed by atoms with Gasteiger partial charge in [0, 0.05) is 18.0 Å². The van der Waals surface area contributed by atoms with E-state index in [-0.39, 0.29) is 12.3 Å². The van der Waals surface area contributed by atoms with Crippen LogP contribution in [-0.2, 0) is 16.4 Å². The Morgan fingerprint density at radius 3 is 2.68 bits per heavy atom. The molecule has 102 valence electrons. The zero-order chi connectivity index (χ0) is 14.0. The van der Waals surface area contributed by atoms with Crippen molar-refractivity contribution in [1.29, 1.82) is 0 Å². The van der Waals surface area contributed by atoms with E-state index in [1.165, 1.54) is 10.9 Å². The Morgan fingerprint density at radius 1 is 1.37 bits per heavy atom.